The van der Waals surface area contributed by atoms with Gasteiger partial charge in [0, 0.05) is 17.3 Å². The lowest BCUT2D eigenvalue weighted by Gasteiger charge is -2.04. The van der Waals surface area contributed by atoms with E-state index in [1.165, 1.54) is 29.2 Å². The second-order valence-corrected chi connectivity index (χ2v) is 5.02. The second kappa shape index (κ2) is 5.65. The summed E-state index contributed by atoms with van der Waals surface area (Å²) in [6.45, 7) is 0.124. The molecule has 10 heteroatoms. The third-order valence-corrected chi connectivity index (χ3v) is 3.11. The standard InChI is InChI=1S/C13H7ClF4N4O/c14-9-4-19-22(6-9)5-8-2-1-7(3-10(8)15)11-20-12(23-21-11)13(16,17)18/h1-4,6H,5H2. The fraction of sp³-hybridized carbons (Fsp3) is 0.154. The molecule has 0 aliphatic heterocycles. The van der Waals surface area contributed by atoms with Gasteiger partial charge in [-0.3, -0.25) is 4.68 Å². The molecule has 23 heavy (non-hydrogen) atoms. The van der Waals surface area contributed by atoms with E-state index in [2.05, 4.69) is 19.8 Å². The average Bonchev–Trinajstić information content (AvgIpc) is 3.10. The Bertz CT molecular complexity index is 843. The van der Waals surface area contributed by atoms with Gasteiger partial charge in [-0.25, -0.2) is 4.39 Å². The molecule has 0 aliphatic carbocycles. The highest BCUT2D eigenvalue weighted by Crippen LogP contribution is 2.29. The van der Waals surface area contributed by atoms with Gasteiger partial charge < -0.3 is 4.52 Å². The molecule has 2 aromatic heterocycles. The van der Waals surface area contributed by atoms with Gasteiger partial charge >= 0.3 is 12.1 Å². The van der Waals surface area contributed by atoms with E-state index in [0.29, 0.717) is 5.02 Å². The third kappa shape index (κ3) is 3.34. The van der Waals surface area contributed by atoms with Gasteiger partial charge in [-0.1, -0.05) is 28.9 Å². The Labute approximate surface area is 131 Å². The molecule has 2 heterocycles. The van der Waals surface area contributed by atoms with E-state index in [9.17, 15) is 17.6 Å². The molecular formula is C13H7ClF4N4O. The smallest absolute Gasteiger partial charge is 0.329 e. The normalized spacial score (nSPS) is 11.9. The summed E-state index contributed by atoms with van der Waals surface area (Å²) in [5, 5.41) is 7.53. The van der Waals surface area contributed by atoms with Crippen molar-refractivity contribution in [2.75, 3.05) is 0 Å². The minimum Gasteiger partial charge on any atom is -0.329 e. The third-order valence-electron chi connectivity index (χ3n) is 2.91. The van der Waals surface area contributed by atoms with E-state index in [1.807, 2.05) is 0 Å². The molecule has 0 unspecified atom stereocenters. The lowest BCUT2D eigenvalue weighted by atomic mass is 10.1. The minimum atomic E-state index is -4.75. The summed E-state index contributed by atoms with van der Waals surface area (Å²) in [5.74, 6) is -2.46. The van der Waals surface area contributed by atoms with Crippen LogP contribution < -0.4 is 0 Å². The van der Waals surface area contributed by atoms with Crippen molar-refractivity contribution in [1.29, 1.82) is 0 Å². The van der Waals surface area contributed by atoms with Crippen LogP contribution in [0.5, 0.6) is 0 Å². The maximum Gasteiger partial charge on any atom is 0.471 e. The maximum atomic E-state index is 14.1. The lowest BCUT2D eigenvalue weighted by Crippen LogP contribution is -2.05. The molecule has 5 nitrogen and oxygen atoms in total. The number of halogens is 5. The Morgan fingerprint density at radius 3 is 2.61 bits per heavy atom. The largest absolute Gasteiger partial charge is 0.471 e. The molecule has 0 bridgehead atoms. The molecule has 120 valence electrons. The molecule has 0 amide bonds. The molecule has 3 aromatic rings. The topological polar surface area (TPSA) is 56.7 Å². The fourth-order valence-electron chi connectivity index (χ4n) is 1.87. The Balaban J connectivity index is 1.85. The lowest BCUT2D eigenvalue weighted by molar-refractivity contribution is -0.159. The van der Waals surface area contributed by atoms with Gasteiger partial charge in [0.05, 0.1) is 17.8 Å². The molecule has 0 saturated heterocycles. The number of hydrogen-bond acceptors (Lipinski definition) is 4. The fourth-order valence-corrected chi connectivity index (χ4v) is 2.03. The average molecular weight is 347 g/mol. The zero-order valence-corrected chi connectivity index (χ0v) is 11.9. The Morgan fingerprint density at radius 2 is 2.04 bits per heavy atom. The van der Waals surface area contributed by atoms with Crippen molar-refractivity contribution in [2.24, 2.45) is 0 Å². The summed E-state index contributed by atoms with van der Waals surface area (Å²) in [6, 6.07) is 3.84. The van der Waals surface area contributed by atoms with Gasteiger partial charge in [0.15, 0.2) is 0 Å². The van der Waals surface area contributed by atoms with Crippen LogP contribution in [0.4, 0.5) is 17.6 Å². The molecule has 0 spiro atoms. The number of benzene rings is 1. The molecule has 0 fully saturated rings. The van der Waals surface area contributed by atoms with Gasteiger partial charge in [-0.15, -0.1) is 0 Å². The zero-order valence-electron chi connectivity index (χ0n) is 11.2. The summed E-state index contributed by atoms with van der Waals surface area (Å²) < 4.78 is 56.9. The van der Waals surface area contributed by atoms with Crippen LogP contribution in [0.15, 0.2) is 35.1 Å². The van der Waals surface area contributed by atoms with Crippen LogP contribution in [0.25, 0.3) is 11.4 Å². The first-order chi connectivity index (χ1) is 10.8. The maximum absolute atomic E-state index is 14.1. The predicted octanol–water partition coefficient (Wildman–Crippen LogP) is 3.79. The molecular weight excluding hydrogens is 340 g/mol. The zero-order chi connectivity index (χ0) is 16.6. The first kappa shape index (κ1) is 15.5. The molecule has 0 radical (unpaired) electrons. The monoisotopic (exact) mass is 346 g/mol. The molecule has 3 rings (SSSR count). The highest BCUT2D eigenvalue weighted by molar-refractivity contribution is 6.30. The highest BCUT2D eigenvalue weighted by atomic mass is 35.5. The first-order valence-electron chi connectivity index (χ1n) is 6.20. The van der Waals surface area contributed by atoms with Gasteiger partial charge in [-0.2, -0.15) is 23.3 Å². The summed E-state index contributed by atoms with van der Waals surface area (Å²) in [6.07, 6.45) is -1.82. The van der Waals surface area contributed by atoms with Crippen LogP contribution in [0, 0.1) is 5.82 Å². The second-order valence-electron chi connectivity index (χ2n) is 4.58. The van der Waals surface area contributed by atoms with Crippen molar-refractivity contribution < 1.29 is 22.1 Å². The van der Waals surface area contributed by atoms with Crippen molar-refractivity contribution in [1.82, 2.24) is 19.9 Å². The van der Waals surface area contributed by atoms with Crippen LogP contribution in [-0.4, -0.2) is 19.9 Å². The van der Waals surface area contributed by atoms with Gasteiger partial charge in [-0.05, 0) is 6.07 Å². The Hall–Kier alpha value is -2.42. The van der Waals surface area contributed by atoms with Gasteiger partial charge in [0.1, 0.15) is 5.82 Å². The SMILES string of the molecule is Fc1cc(-c2noc(C(F)(F)F)n2)ccc1Cn1cc(Cl)cn1. The molecule has 0 saturated carbocycles. The number of nitrogens with zero attached hydrogens (tertiary/aromatic N) is 4. The van der Waals surface area contributed by atoms with Crippen LogP contribution in [0.3, 0.4) is 0 Å². The van der Waals surface area contributed by atoms with Gasteiger partial charge in [0.25, 0.3) is 0 Å². The number of aromatic nitrogens is 4. The number of rotatable bonds is 3. The first-order valence-corrected chi connectivity index (χ1v) is 6.58. The van der Waals surface area contributed by atoms with E-state index in [1.54, 1.807) is 0 Å². The quantitative estimate of drug-likeness (QED) is 0.677. The van der Waals surface area contributed by atoms with Crippen LogP contribution in [-0.2, 0) is 12.7 Å². The highest BCUT2D eigenvalue weighted by Gasteiger charge is 2.38. The van der Waals surface area contributed by atoms with E-state index < -0.39 is 17.9 Å². The summed E-state index contributed by atoms with van der Waals surface area (Å²) in [5.41, 5.74) is 0.358. The van der Waals surface area contributed by atoms with Crippen molar-refractivity contribution in [3.8, 4) is 11.4 Å². The van der Waals surface area contributed by atoms with E-state index in [0.717, 1.165) is 6.07 Å². The molecule has 0 aliphatic rings. The number of alkyl halides is 3. The summed E-state index contributed by atoms with van der Waals surface area (Å²) in [7, 11) is 0. The van der Waals surface area contributed by atoms with Crippen molar-refractivity contribution in [3.63, 3.8) is 0 Å². The number of hydrogen-bond donors (Lipinski definition) is 0. The Morgan fingerprint density at radius 1 is 1.26 bits per heavy atom. The molecule has 0 N–H and O–H groups in total. The minimum absolute atomic E-state index is 0.0731. The van der Waals surface area contributed by atoms with Crippen LogP contribution in [0.2, 0.25) is 5.02 Å². The molecule has 1 aromatic carbocycles. The van der Waals surface area contributed by atoms with Crippen molar-refractivity contribution >= 4 is 11.6 Å². The van der Waals surface area contributed by atoms with E-state index >= 15 is 0 Å². The van der Waals surface area contributed by atoms with Crippen LogP contribution >= 0.6 is 11.6 Å². The summed E-state index contributed by atoms with van der Waals surface area (Å²) in [4.78, 5) is 3.21. The van der Waals surface area contributed by atoms with Crippen molar-refractivity contribution in [3.05, 3.63) is 52.9 Å². The van der Waals surface area contributed by atoms with Crippen LogP contribution in [0.1, 0.15) is 11.5 Å². The predicted molar refractivity (Wildman–Crippen MR) is 71.0 cm³/mol. The van der Waals surface area contributed by atoms with Crippen molar-refractivity contribution in [2.45, 2.75) is 12.7 Å². The summed E-state index contributed by atoms with van der Waals surface area (Å²) >= 11 is 5.71. The van der Waals surface area contributed by atoms with E-state index in [-0.39, 0.29) is 23.5 Å². The van der Waals surface area contributed by atoms with E-state index in [4.69, 9.17) is 11.6 Å². The van der Waals surface area contributed by atoms with Gasteiger partial charge in [0.2, 0.25) is 5.82 Å². The molecule has 0 atom stereocenters. The Kier molecular flexibility index (Phi) is 3.80.